The number of hydrogen-bond donors (Lipinski definition) is 1. The number of carbonyl (C=O) groups is 1. The molecule has 0 aromatic carbocycles. The average Bonchev–Trinajstić information content (AvgIpc) is 2.83. The summed E-state index contributed by atoms with van der Waals surface area (Å²) in [5.74, 6) is 2.93. The molecule has 5 rings (SSSR count). The molecule has 23 heavy (non-hydrogen) atoms. The van der Waals surface area contributed by atoms with Gasteiger partial charge in [-0.2, -0.15) is 5.10 Å². The van der Waals surface area contributed by atoms with Gasteiger partial charge in [-0.25, -0.2) is 0 Å². The molecule has 0 aliphatic heterocycles. The normalized spacial score (nSPS) is 34.6. The molecule has 1 aromatic rings. The van der Waals surface area contributed by atoms with Gasteiger partial charge in [-0.3, -0.25) is 19.6 Å². The van der Waals surface area contributed by atoms with Crippen LogP contribution in [-0.4, -0.2) is 26.7 Å². The van der Waals surface area contributed by atoms with E-state index in [0.29, 0.717) is 23.6 Å². The fraction of sp³-hybridized carbons (Fsp3) is 0.750. The molecule has 4 fully saturated rings. The highest BCUT2D eigenvalue weighted by Crippen LogP contribution is 2.53. The van der Waals surface area contributed by atoms with Crippen molar-refractivity contribution in [2.24, 2.45) is 23.7 Å². The number of carbonyl (C=O) groups excluding carboxylic acids is 1. The van der Waals surface area contributed by atoms with Crippen LogP contribution in [0.1, 0.15) is 37.8 Å². The minimum atomic E-state index is -0.464. The summed E-state index contributed by atoms with van der Waals surface area (Å²) in [6.45, 7) is 1.64. The average molecular weight is 318 g/mol. The second-order valence-electron chi connectivity index (χ2n) is 7.58. The van der Waals surface area contributed by atoms with Gasteiger partial charge < -0.3 is 5.32 Å². The second kappa shape index (κ2) is 5.32. The zero-order valence-electron chi connectivity index (χ0n) is 13.3. The van der Waals surface area contributed by atoms with Crippen molar-refractivity contribution in [3.63, 3.8) is 0 Å². The van der Waals surface area contributed by atoms with Crippen molar-refractivity contribution in [1.29, 1.82) is 0 Å². The molecule has 4 aliphatic carbocycles. The third-order valence-corrected chi connectivity index (χ3v) is 5.98. The molecule has 124 valence electrons. The summed E-state index contributed by atoms with van der Waals surface area (Å²) in [4.78, 5) is 22.7. The maximum absolute atomic E-state index is 12.4. The first kappa shape index (κ1) is 14.7. The summed E-state index contributed by atoms with van der Waals surface area (Å²) in [6, 6.07) is 0.293. The van der Waals surface area contributed by atoms with Gasteiger partial charge in [-0.05, 0) is 62.7 Å². The standard InChI is InChI=1S/C16H22N4O3/c1-9-14(20(22)23)7-19(18-9)8-15(21)17-16-12-3-10-2-11(5-12)6-13(16)4-10/h7,10-13,16H,2-6,8H2,1H3,(H,17,21). The number of nitro groups is 1. The van der Waals surface area contributed by atoms with Gasteiger partial charge in [0.25, 0.3) is 0 Å². The van der Waals surface area contributed by atoms with Gasteiger partial charge in [0, 0.05) is 6.04 Å². The van der Waals surface area contributed by atoms with E-state index in [1.54, 1.807) is 6.92 Å². The Kier molecular flexibility index (Phi) is 3.39. The maximum Gasteiger partial charge on any atom is 0.309 e. The van der Waals surface area contributed by atoms with Crippen molar-refractivity contribution >= 4 is 11.6 Å². The molecular weight excluding hydrogens is 296 g/mol. The van der Waals surface area contributed by atoms with Crippen LogP contribution in [0.2, 0.25) is 0 Å². The zero-order valence-corrected chi connectivity index (χ0v) is 13.3. The third kappa shape index (κ3) is 2.62. The lowest BCUT2D eigenvalue weighted by atomic mass is 9.54. The lowest BCUT2D eigenvalue weighted by molar-refractivity contribution is -0.385. The van der Waals surface area contributed by atoms with Crippen LogP contribution in [-0.2, 0) is 11.3 Å². The molecule has 0 saturated heterocycles. The largest absolute Gasteiger partial charge is 0.351 e. The van der Waals surface area contributed by atoms with E-state index >= 15 is 0 Å². The second-order valence-corrected chi connectivity index (χ2v) is 7.58. The van der Waals surface area contributed by atoms with Crippen LogP contribution in [0.25, 0.3) is 0 Å². The van der Waals surface area contributed by atoms with Gasteiger partial charge in [-0.15, -0.1) is 0 Å². The van der Waals surface area contributed by atoms with Crippen LogP contribution < -0.4 is 5.32 Å². The summed E-state index contributed by atoms with van der Waals surface area (Å²) >= 11 is 0. The summed E-state index contributed by atoms with van der Waals surface area (Å²) < 4.78 is 1.37. The van der Waals surface area contributed by atoms with Crippen LogP contribution in [0.15, 0.2) is 6.20 Å². The molecular formula is C16H22N4O3. The molecule has 4 aliphatic rings. The molecule has 1 heterocycles. The smallest absolute Gasteiger partial charge is 0.309 e. The SMILES string of the molecule is Cc1nn(CC(=O)NC2C3CC4CC(C3)CC2C4)cc1[N+](=O)[O-]. The molecule has 0 unspecified atom stereocenters. The molecule has 0 spiro atoms. The van der Waals surface area contributed by atoms with Crippen molar-refractivity contribution in [2.45, 2.75) is 51.6 Å². The highest BCUT2D eigenvalue weighted by Gasteiger charge is 2.48. The monoisotopic (exact) mass is 318 g/mol. The number of rotatable bonds is 4. The summed E-state index contributed by atoms with van der Waals surface area (Å²) in [7, 11) is 0. The Morgan fingerprint density at radius 2 is 1.91 bits per heavy atom. The number of hydrogen-bond acceptors (Lipinski definition) is 4. The predicted octanol–water partition coefficient (Wildman–Crippen LogP) is 2.04. The van der Waals surface area contributed by atoms with Gasteiger partial charge in [0.2, 0.25) is 5.91 Å². The summed E-state index contributed by atoms with van der Waals surface area (Å²) in [6.07, 6.45) is 7.75. The number of nitrogens with one attached hydrogen (secondary N) is 1. The van der Waals surface area contributed by atoms with Crippen LogP contribution >= 0.6 is 0 Å². The third-order valence-electron chi connectivity index (χ3n) is 5.98. The lowest BCUT2D eigenvalue weighted by Gasteiger charge is -2.54. The van der Waals surface area contributed by atoms with Gasteiger partial charge in [-0.1, -0.05) is 0 Å². The Labute approximate surface area is 134 Å². The number of aryl methyl sites for hydroxylation is 1. The number of aromatic nitrogens is 2. The zero-order chi connectivity index (χ0) is 16.1. The molecule has 4 bridgehead atoms. The van der Waals surface area contributed by atoms with E-state index in [1.165, 1.54) is 43.0 Å². The van der Waals surface area contributed by atoms with Crippen LogP contribution in [0.3, 0.4) is 0 Å². The first-order valence-electron chi connectivity index (χ1n) is 8.47. The van der Waals surface area contributed by atoms with Gasteiger partial charge in [0.1, 0.15) is 18.4 Å². The molecule has 7 nitrogen and oxygen atoms in total. The van der Waals surface area contributed by atoms with E-state index in [1.807, 2.05) is 0 Å². The topological polar surface area (TPSA) is 90.1 Å². The van der Waals surface area contributed by atoms with Crippen molar-refractivity contribution in [1.82, 2.24) is 15.1 Å². The minimum absolute atomic E-state index is 0.0348. The van der Waals surface area contributed by atoms with Crippen molar-refractivity contribution in [3.05, 3.63) is 22.0 Å². The fourth-order valence-electron chi connectivity index (χ4n) is 5.31. The molecule has 0 atom stereocenters. The quantitative estimate of drug-likeness (QED) is 0.679. The van der Waals surface area contributed by atoms with Crippen LogP contribution in [0.5, 0.6) is 0 Å². The van der Waals surface area contributed by atoms with E-state index in [-0.39, 0.29) is 18.1 Å². The predicted molar refractivity (Wildman–Crippen MR) is 82.6 cm³/mol. The first-order chi connectivity index (χ1) is 11.0. The Bertz CT molecular complexity index is 626. The Morgan fingerprint density at radius 3 is 2.43 bits per heavy atom. The van der Waals surface area contributed by atoms with E-state index in [0.717, 1.165) is 11.8 Å². The Hall–Kier alpha value is -1.92. The number of amides is 1. The minimum Gasteiger partial charge on any atom is -0.351 e. The fourth-order valence-corrected chi connectivity index (χ4v) is 5.31. The molecule has 1 amide bonds. The molecule has 1 N–H and O–H groups in total. The highest BCUT2D eigenvalue weighted by molar-refractivity contribution is 5.76. The van der Waals surface area contributed by atoms with E-state index in [9.17, 15) is 14.9 Å². The van der Waals surface area contributed by atoms with Crippen molar-refractivity contribution in [2.75, 3.05) is 0 Å². The Morgan fingerprint density at radius 1 is 1.30 bits per heavy atom. The molecule has 0 radical (unpaired) electrons. The van der Waals surface area contributed by atoms with Crippen molar-refractivity contribution in [3.8, 4) is 0 Å². The number of nitrogens with zero attached hydrogens (tertiary/aromatic N) is 3. The molecule has 7 heteroatoms. The van der Waals surface area contributed by atoms with Gasteiger partial charge >= 0.3 is 5.69 Å². The van der Waals surface area contributed by atoms with Crippen LogP contribution in [0.4, 0.5) is 5.69 Å². The summed E-state index contributed by atoms with van der Waals surface area (Å²) in [5.41, 5.74) is 0.310. The maximum atomic E-state index is 12.4. The molecule has 1 aromatic heterocycles. The Balaban J connectivity index is 1.40. The van der Waals surface area contributed by atoms with Crippen LogP contribution in [0, 0.1) is 40.7 Å². The van der Waals surface area contributed by atoms with E-state index < -0.39 is 4.92 Å². The lowest BCUT2D eigenvalue weighted by Crippen LogP contribution is -2.56. The molecule has 4 saturated carbocycles. The first-order valence-corrected chi connectivity index (χ1v) is 8.47. The van der Waals surface area contributed by atoms with E-state index in [2.05, 4.69) is 10.4 Å². The van der Waals surface area contributed by atoms with E-state index in [4.69, 9.17) is 0 Å². The van der Waals surface area contributed by atoms with Gasteiger partial charge in [0.05, 0.1) is 4.92 Å². The van der Waals surface area contributed by atoms with Crippen molar-refractivity contribution < 1.29 is 9.72 Å². The van der Waals surface area contributed by atoms with Gasteiger partial charge in [0.15, 0.2) is 0 Å². The highest BCUT2D eigenvalue weighted by atomic mass is 16.6. The summed E-state index contributed by atoms with van der Waals surface area (Å²) in [5, 5.41) is 18.1.